The van der Waals surface area contributed by atoms with Gasteiger partial charge < -0.3 is 10.6 Å². The topological polar surface area (TPSA) is 41.1 Å². The molecule has 0 radical (unpaired) electrons. The molecule has 0 aromatic heterocycles. The molecular formula is C20H27ClN2O. The summed E-state index contributed by atoms with van der Waals surface area (Å²) >= 11 is 0. The summed E-state index contributed by atoms with van der Waals surface area (Å²) in [5.41, 5.74) is 1.31. The van der Waals surface area contributed by atoms with E-state index >= 15 is 0 Å². The maximum Gasteiger partial charge on any atom is 0.220 e. The number of piperidine rings is 1. The van der Waals surface area contributed by atoms with Crippen molar-refractivity contribution >= 4 is 29.1 Å². The van der Waals surface area contributed by atoms with E-state index in [1.54, 1.807) is 0 Å². The fourth-order valence-corrected chi connectivity index (χ4v) is 3.44. The maximum atomic E-state index is 12.0. The number of amides is 1. The minimum atomic E-state index is 0. The second-order valence-corrected chi connectivity index (χ2v) is 6.47. The van der Waals surface area contributed by atoms with Gasteiger partial charge in [-0.15, -0.1) is 12.4 Å². The van der Waals surface area contributed by atoms with Gasteiger partial charge in [-0.1, -0.05) is 42.5 Å². The third kappa shape index (κ3) is 5.22. The van der Waals surface area contributed by atoms with Gasteiger partial charge in [0.1, 0.15) is 0 Å². The van der Waals surface area contributed by atoms with Crippen molar-refractivity contribution in [2.45, 2.75) is 32.1 Å². The molecule has 1 saturated heterocycles. The number of carbonyl (C=O) groups is 1. The van der Waals surface area contributed by atoms with E-state index in [1.807, 2.05) is 0 Å². The monoisotopic (exact) mass is 346 g/mol. The number of hydrogen-bond acceptors (Lipinski definition) is 2. The zero-order valence-corrected chi connectivity index (χ0v) is 14.9. The van der Waals surface area contributed by atoms with E-state index < -0.39 is 0 Å². The SMILES string of the molecule is Cl.O=C(CCC1CCNCC1)NCCc1cccc2ccccc12. The Morgan fingerprint density at radius 3 is 2.67 bits per heavy atom. The second-order valence-electron chi connectivity index (χ2n) is 6.47. The van der Waals surface area contributed by atoms with Crippen LogP contribution in [0.25, 0.3) is 10.8 Å². The molecule has 2 aromatic carbocycles. The van der Waals surface area contributed by atoms with E-state index in [1.165, 1.54) is 29.2 Å². The lowest BCUT2D eigenvalue weighted by Crippen LogP contribution is -2.30. The summed E-state index contributed by atoms with van der Waals surface area (Å²) < 4.78 is 0. The van der Waals surface area contributed by atoms with Gasteiger partial charge in [-0.05, 0) is 61.0 Å². The van der Waals surface area contributed by atoms with Crippen LogP contribution in [0, 0.1) is 5.92 Å². The quantitative estimate of drug-likeness (QED) is 0.837. The average molecular weight is 347 g/mol. The van der Waals surface area contributed by atoms with Crippen LogP contribution in [0.2, 0.25) is 0 Å². The summed E-state index contributed by atoms with van der Waals surface area (Å²) in [6, 6.07) is 14.8. The van der Waals surface area contributed by atoms with Crippen molar-refractivity contribution < 1.29 is 4.79 Å². The Kier molecular flexibility index (Phi) is 7.54. The van der Waals surface area contributed by atoms with Gasteiger partial charge in [0.25, 0.3) is 0 Å². The van der Waals surface area contributed by atoms with Crippen LogP contribution < -0.4 is 10.6 Å². The molecule has 0 saturated carbocycles. The minimum Gasteiger partial charge on any atom is -0.356 e. The van der Waals surface area contributed by atoms with Crippen molar-refractivity contribution in [2.24, 2.45) is 5.92 Å². The Morgan fingerprint density at radius 2 is 1.83 bits per heavy atom. The summed E-state index contributed by atoms with van der Waals surface area (Å²) in [7, 11) is 0. The van der Waals surface area contributed by atoms with E-state index in [0.717, 1.165) is 38.4 Å². The standard InChI is InChI=1S/C20H26N2O.ClH/c23-20(9-8-16-10-13-21-14-11-16)22-15-12-18-6-3-5-17-4-1-2-7-19(17)18;/h1-7,16,21H,8-15H2,(H,22,23);1H. The summed E-state index contributed by atoms with van der Waals surface area (Å²) in [6.07, 6.45) is 5.01. The molecule has 24 heavy (non-hydrogen) atoms. The third-order valence-electron chi connectivity index (χ3n) is 4.83. The van der Waals surface area contributed by atoms with Gasteiger partial charge in [-0.25, -0.2) is 0 Å². The van der Waals surface area contributed by atoms with Gasteiger partial charge in [0.15, 0.2) is 0 Å². The Balaban J connectivity index is 0.00000208. The lowest BCUT2D eigenvalue weighted by atomic mass is 9.93. The van der Waals surface area contributed by atoms with Crippen molar-refractivity contribution in [3.05, 3.63) is 48.0 Å². The second kappa shape index (κ2) is 9.65. The van der Waals surface area contributed by atoms with Crippen LogP contribution in [0.4, 0.5) is 0 Å². The fraction of sp³-hybridized carbons (Fsp3) is 0.450. The Labute approximate surface area is 150 Å². The lowest BCUT2D eigenvalue weighted by Gasteiger charge is -2.22. The van der Waals surface area contributed by atoms with E-state index in [2.05, 4.69) is 53.1 Å². The maximum absolute atomic E-state index is 12.0. The van der Waals surface area contributed by atoms with Gasteiger partial charge in [0.2, 0.25) is 5.91 Å². The largest absolute Gasteiger partial charge is 0.356 e. The van der Waals surface area contributed by atoms with Crippen molar-refractivity contribution in [2.75, 3.05) is 19.6 Å². The molecule has 0 atom stereocenters. The van der Waals surface area contributed by atoms with Crippen LogP contribution in [-0.2, 0) is 11.2 Å². The first-order valence-corrected chi connectivity index (χ1v) is 8.77. The highest BCUT2D eigenvalue weighted by Gasteiger charge is 2.14. The van der Waals surface area contributed by atoms with Crippen molar-refractivity contribution in [3.63, 3.8) is 0 Å². The predicted octanol–water partition coefficient (Wildman–Crippen LogP) is 3.70. The molecule has 4 heteroatoms. The molecule has 0 unspecified atom stereocenters. The molecule has 3 rings (SSSR count). The Hall–Kier alpha value is -1.58. The number of halogens is 1. The first-order valence-electron chi connectivity index (χ1n) is 8.77. The predicted molar refractivity (Wildman–Crippen MR) is 103 cm³/mol. The van der Waals surface area contributed by atoms with Crippen molar-refractivity contribution in [1.82, 2.24) is 10.6 Å². The van der Waals surface area contributed by atoms with Crippen LogP contribution in [0.3, 0.4) is 0 Å². The molecule has 130 valence electrons. The highest BCUT2D eigenvalue weighted by atomic mass is 35.5. The van der Waals surface area contributed by atoms with Gasteiger partial charge >= 0.3 is 0 Å². The molecule has 1 amide bonds. The fourth-order valence-electron chi connectivity index (χ4n) is 3.44. The molecular weight excluding hydrogens is 320 g/mol. The molecule has 0 aliphatic carbocycles. The number of hydrogen-bond donors (Lipinski definition) is 2. The molecule has 3 nitrogen and oxygen atoms in total. The summed E-state index contributed by atoms with van der Waals surface area (Å²) in [5.74, 6) is 0.920. The Morgan fingerprint density at radius 1 is 1.08 bits per heavy atom. The van der Waals surface area contributed by atoms with Gasteiger partial charge in [-0.3, -0.25) is 4.79 Å². The summed E-state index contributed by atoms with van der Waals surface area (Å²) in [5, 5.41) is 9.01. The van der Waals surface area contributed by atoms with E-state index in [0.29, 0.717) is 6.42 Å². The van der Waals surface area contributed by atoms with E-state index in [9.17, 15) is 4.79 Å². The van der Waals surface area contributed by atoms with Gasteiger partial charge in [0, 0.05) is 13.0 Å². The van der Waals surface area contributed by atoms with Gasteiger partial charge in [0.05, 0.1) is 0 Å². The minimum absolute atomic E-state index is 0. The first-order chi connectivity index (χ1) is 11.3. The highest BCUT2D eigenvalue weighted by Crippen LogP contribution is 2.19. The van der Waals surface area contributed by atoms with Crippen molar-refractivity contribution in [3.8, 4) is 0 Å². The molecule has 1 heterocycles. The van der Waals surface area contributed by atoms with E-state index in [4.69, 9.17) is 0 Å². The summed E-state index contributed by atoms with van der Waals surface area (Å²) in [6.45, 7) is 2.93. The number of nitrogens with one attached hydrogen (secondary N) is 2. The smallest absolute Gasteiger partial charge is 0.220 e. The van der Waals surface area contributed by atoms with Crippen molar-refractivity contribution in [1.29, 1.82) is 0 Å². The molecule has 0 bridgehead atoms. The van der Waals surface area contributed by atoms with Crippen LogP contribution >= 0.6 is 12.4 Å². The molecule has 2 N–H and O–H groups in total. The zero-order chi connectivity index (χ0) is 15.9. The average Bonchev–Trinajstić information content (AvgIpc) is 2.61. The molecule has 2 aromatic rings. The van der Waals surface area contributed by atoms with Crippen LogP contribution in [0.1, 0.15) is 31.2 Å². The Bertz CT molecular complexity index is 648. The highest BCUT2D eigenvalue weighted by molar-refractivity contribution is 5.86. The zero-order valence-electron chi connectivity index (χ0n) is 14.1. The number of fused-ring (bicyclic) bond motifs is 1. The normalized spacial score (nSPS) is 15.0. The number of benzene rings is 2. The van der Waals surface area contributed by atoms with Crippen LogP contribution in [0.5, 0.6) is 0 Å². The van der Waals surface area contributed by atoms with Gasteiger partial charge in [-0.2, -0.15) is 0 Å². The van der Waals surface area contributed by atoms with E-state index in [-0.39, 0.29) is 18.3 Å². The third-order valence-corrected chi connectivity index (χ3v) is 4.83. The van der Waals surface area contributed by atoms with Crippen LogP contribution in [-0.4, -0.2) is 25.5 Å². The van der Waals surface area contributed by atoms with Crippen LogP contribution in [0.15, 0.2) is 42.5 Å². The number of rotatable bonds is 6. The first kappa shape index (κ1) is 18.8. The molecule has 1 aliphatic rings. The summed E-state index contributed by atoms with van der Waals surface area (Å²) in [4.78, 5) is 12.0. The molecule has 1 fully saturated rings. The number of carbonyl (C=O) groups excluding carboxylic acids is 1. The molecule has 0 spiro atoms. The molecule has 1 aliphatic heterocycles. The lowest BCUT2D eigenvalue weighted by molar-refractivity contribution is -0.121.